The first-order chi connectivity index (χ1) is 22.0. The van der Waals surface area contributed by atoms with Crippen LogP contribution >= 0.6 is 11.8 Å². The van der Waals surface area contributed by atoms with Crippen LogP contribution in [-0.2, 0) is 25.1 Å². The molecule has 2 N–H and O–H groups in total. The van der Waals surface area contributed by atoms with Gasteiger partial charge in [-0.25, -0.2) is 17.2 Å². The summed E-state index contributed by atoms with van der Waals surface area (Å²) in [6.45, 7) is -0.747. The second-order valence-electron chi connectivity index (χ2n) is 11.1. The number of ether oxygens (including phenoxy) is 2. The van der Waals surface area contributed by atoms with Crippen molar-refractivity contribution in [3.05, 3.63) is 92.9 Å². The molecule has 3 aliphatic heterocycles. The maximum atomic E-state index is 15.4. The van der Waals surface area contributed by atoms with E-state index in [0.717, 1.165) is 27.7 Å². The van der Waals surface area contributed by atoms with E-state index in [0.29, 0.717) is 5.56 Å². The van der Waals surface area contributed by atoms with Gasteiger partial charge in [-0.05, 0) is 23.3 Å². The van der Waals surface area contributed by atoms with Crippen molar-refractivity contribution in [3.8, 4) is 5.75 Å². The van der Waals surface area contributed by atoms with Gasteiger partial charge in [-0.2, -0.15) is 0 Å². The lowest BCUT2D eigenvalue weighted by Gasteiger charge is -2.51. The number of hydrogen-bond acceptors (Lipinski definition) is 10. The van der Waals surface area contributed by atoms with E-state index >= 15 is 4.39 Å². The van der Waals surface area contributed by atoms with Gasteiger partial charge in [0.1, 0.15) is 16.0 Å². The lowest BCUT2D eigenvalue weighted by atomic mass is 9.93. The predicted octanol–water partition coefficient (Wildman–Crippen LogP) is 1.44. The summed E-state index contributed by atoms with van der Waals surface area (Å²) in [4.78, 5) is 43.4. The van der Waals surface area contributed by atoms with Crippen molar-refractivity contribution in [2.75, 3.05) is 56.6 Å². The first-order valence-electron chi connectivity index (χ1n) is 14.4. The van der Waals surface area contributed by atoms with Gasteiger partial charge in [0.15, 0.2) is 29.8 Å². The molecule has 2 aromatic carbocycles. The Labute approximate surface area is 267 Å². The number of thioether (sulfide) groups is 1. The monoisotopic (exact) mass is 675 g/mol. The van der Waals surface area contributed by atoms with Crippen molar-refractivity contribution < 1.29 is 36.3 Å². The van der Waals surface area contributed by atoms with E-state index in [9.17, 15) is 27.2 Å². The number of carbonyl (C=O) groups is 2. The number of sulfone groups is 1. The highest BCUT2D eigenvalue weighted by Gasteiger charge is 2.46. The van der Waals surface area contributed by atoms with Crippen LogP contribution in [0.4, 0.5) is 8.78 Å². The van der Waals surface area contributed by atoms with Crippen molar-refractivity contribution in [1.82, 2.24) is 14.5 Å². The molecule has 6 rings (SSSR count). The summed E-state index contributed by atoms with van der Waals surface area (Å²) in [7, 11) is -3.45. The highest BCUT2D eigenvalue weighted by Crippen LogP contribution is 2.45. The van der Waals surface area contributed by atoms with Gasteiger partial charge >= 0.3 is 0 Å². The van der Waals surface area contributed by atoms with E-state index in [1.54, 1.807) is 5.01 Å². The number of morpholine rings is 1. The fraction of sp³-hybridized carbons (Fsp3) is 0.367. The van der Waals surface area contributed by atoms with Crippen LogP contribution in [0.1, 0.15) is 33.2 Å². The highest BCUT2D eigenvalue weighted by atomic mass is 32.2. The molecule has 1 saturated heterocycles. The average molecular weight is 676 g/mol. The number of nitrogens with zero attached hydrogens (tertiary/aromatic N) is 4. The number of hydrogen-bond donors (Lipinski definition) is 1. The summed E-state index contributed by atoms with van der Waals surface area (Å²) >= 11 is 1.36. The molecular formula is C30H31F2N5O7S2. The molecule has 1 fully saturated rings. The fourth-order valence-electron chi connectivity index (χ4n) is 5.92. The van der Waals surface area contributed by atoms with E-state index in [-0.39, 0.29) is 54.8 Å². The van der Waals surface area contributed by atoms with E-state index < -0.39 is 64.2 Å². The molecule has 4 heterocycles. The SMILES string of the molecule is CS(=O)(=O)CCN(COc1c2n(ccc1=O)N([C@@H]1c3ccccc3SCc3c1ccc(F)c3F)[C@@H]1COCCN1C2=O)C(=O)CN. The zero-order valence-corrected chi connectivity index (χ0v) is 26.4. The number of carbonyl (C=O) groups excluding carboxylic acids is 2. The van der Waals surface area contributed by atoms with Crippen LogP contribution in [0, 0.1) is 11.6 Å². The number of fused-ring (bicyclic) bond motifs is 4. The van der Waals surface area contributed by atoms with Crippen molar-refractivity contribution in [1.29, 1.82) is 0 Å². The number of benzene rings is 2. The summed E-state index contributed by atoms with van der Waals surface area (Å²) in [6, 6.07) is 10.5. The highest BCUT2D eigenvalue weighted by molar-refractivity contribution is 7.98. The number of amides is 2. The van der Waals surface area contributed by atoms with Crippen molar-refractivity contribution in [2.45, 2.75) is 22.9 Å². The standard InChI is InChI=1S/C30H31F2N5O7S2/c1-46(41,42)13-11-34(25(39)14-33)17-44-29-22(38)8-9-36-28(29)30(40)35-10-12-43-15-24(35)37(36)27-18-6-7-21(31)26(32)20(18)16-45-23-5-3-2-4-19(23)27/h2-9,24,27H,10-17,33H2,1H3/t24-,27+/m1/s1. The Bertz CT molecular complexity index is 1870. The number of pyridine rings is 1. The van der Waals surface area contributed by atoms with E-state index in [4.69, 9.17) is 15.2 Å². The molecule has 2 amide bonds. The van der Waals surface area contributed by atoms with E-state index in [1.165, 1.54) is 39.7 Å². The average Bonchev–Trinajstić information content (AvgIpc) is 3.20. The van der Waals surface area contributed by atoms with Crippen LogP contribution < -0.4 is 20.9 Å². The van der Waals surface area contributed by atoms with Gasteiger partial charge in [0.2, 0.25) is 11.3 Å². The molecule has 0 saturated carbocycles. The van der Waals surface area contributed by atoms with Gasteiger partial charge in [-0.1, -0.05) is 24.3 Å². The quantitative estimate of drug-likeness (QED) is 0.349. The first-order valence-corrected chi connectivity index (χ1v) is 17.4. The van der Waals surface area contributed by atoms with Crippen molar-refractivity contribution in [3.63, 3.8) is 0 Å². The van der Waals surface area contributed by atoms with Gasteiger partial charge in [0.05, 0.1) is 31.6 Å². The number of nitrogens with two attached hydrogens (primary N) is 1. The summed E-state index contributed by atoms with van der Waals surface area (Å²) in [5.74, 6) is -3.67. The summed E-state index contributed by atoms with van der Waals surface area (Å²) in [5, 5.41) is 1.80. The molecule has 1 aromatic heterocycles. The largest absolute Gasteiger partial charge is 0.466 e. The van der Waals surface area contributed by atoms with Crippen LogP contribution in [0.3, 0.4) is 0 Å². The first kappa shape index (κ1) is 32.0. The molecule has 0 radical (unpaired) electrons. The molecule has 3 aromatic rings. The summed E-state index contributed by atoms with van der Waals surface area (Å²) < 4.78 is 66.7. The zero-order valence-electron chi connectivity index (χ0n) is 24.7. The molecule has 0 bridgehead atoms. The summed E-state index contributed by atoms with van der Waals surface area (Å²) in [5.41, 5.74) is 6.15. The Balaban J connectivity index is 1.51. The van der Waals surface area contributed by atoms with Crippen LogP contribution in [0.2, 0.25) is 0 Å². The second kappa shape index (κ2) is 12.7. The van der Waals surface area contributed by atoms with Crippen molar-refractivity contribution in [2.24, 2.45) is 5.73 Å². The maximum absolute atomic E-state index is 15.4. The molecule has 0 aliphatic carbocycles. The Hall–Kier alpha value is -3.99. The Morgan fingerprint density at radius 1 is 1.15 bits per heavy atom. The van der Waals surface area contributed by atoms with Gasteiger partial charge in [-0.3, -0.25) is 24.1 Å². The third kappa shape index (κ3) is 5.85. The molecule has 0 unspecified atom stereocenters. The van der Waals surface area contributed by atoms with Gasteiger partial charge in [0.25, 0.3) is 5.91 Å². The van der Waals surface area contributed by atoms with Gasteiger partial charge in [-0.15, -0.1) is 11.8 Å². The summed E-state index contributed by atoms with van der Waals surface area (Å²) in [6.07, 6.45) is 1.73. The Morgan fingerprint density at radius 3 is 2.70 bits per heavy atom. The fourth-order valence-corrected chi connectivity index (χ4v) is 7.59. The molecular weight excluding hydrogens is 644 g/mol. The van der Waals surface area contributed by atoms with Crippen LogP contribution in [0.15, 0.2) is 58.4 Å². The normalized spacial score (nSPS) is 19.0. The van der Waals surface area contributed by atoms with Crippen LogP contribution in [0.25, 0.3) is 0 Å². The lowest BCUT2D eigenvalue weighted by molar-refractivity contribution is -0.132. The minimum Gasteiger partial charge on any atom is -0.466 e. The number of halogens is 2. The number of aromatic nitrogens is 1. The third-order valence-corrected chi connectivity index (χ3v) is 10.2. The molecule has 0 spiro atoms. The number of rotatable bonds is 8. The van der Waals surface area contributed by atoms with Crippen LogP contribution in [0.5, 0.6) is 5.75 Å². The topological polar surface area (TPSA) is 144 Å². The maximum Gasteiger partial charge on any atom is 0.278 e. The second-order valence-corrected chi connectivity index (χ2v) is 14.3. The Kier molecular flexibility index (Phi) is 8.80. The minimum atomic E-state index is -3.45. The molecule has 12 nitrogen and oxygen atoms in total. The minimum absolute atomic E-state index is 0.0859. The smallest absolute Gasteiger partial charge is 0.278 e. The van der Waals surface area contributed by atoms with Crippen molar-refractivity contribution >= 4 is 33.4 Å². The Morgan fingerprint density at radius 2 is 1.93 bits per heavy atom. The zero-order chi connectivity index (χ0) is 32.7. The molecule has 2 atom stereocenters. The lowest BCUT2D eigenvalue weighted by Crippen LogP contribution is -2.66. The molecule has 16 heteroatoms. The van der Waals surface area contributed by atoms with E-state index in [1.807, 2.05) is 24.3 Å². The predicted molar refractivity (Wildman–Crippen MR) is 165 cm³/mol. The molecule has 3 aliphatic rings. The van der Waals surface area contributed by atoms with E-state index in [2.05, 4.69) is 0 Å². The van der Waals surface area contributed by atoms with Gasteiger partial charge < -0.3 is 25.0 Å². The third-order valence-electron chi connectivity index (χ3n) is 8.16. The van der Waals surface area contributed by atoms with Gasteiger partial charge in [0, 0.05) is 47.8 Å². The van der Waals surface area contributed by atoms with Crippen LogP contribution in [-0.4, -0.2) is 92.5 Å². The molecule has 46 heavy (non-hydrogen) atoms. The molecule has 244 valence electrons.